The number of ether oxygens (including phenoxy) is 3. The SMILES string of the molecule is CC(C)(C)OC1COC2OCCC12. The fourth-order valence-electron chi connectivity index (χ4n) is 2.00. The van der Waals surface area contributed by atoms with Gasteiger partial charge in [0.15, 0.2) is 6.29 Å². The molecule has 0 aromatic rings. The van der Waals surface area contributed by atoms with E-state index >= 15 is 0 Å². The summed E-state index contributed by atoms with van der Waals surface area (Å²) in [6, 6.07) is 0. The lowest BCUT2D eigenvalue weighted by Crippen LogP contribution is -2.32. The molecule has 2 heterocycles. The van der Waals surface area contributed by atoms with Gasteiger partial charge in [0.25, 0.3) is 0 Å². The molecule has 2 aliphatic rings. The Morgan fingerprint density at radius 3 is 2.69 bits per heavy atom. The first-order valence-electron chi connectivity index (χ1n) is 4.97. The van der Waals surface area contributed by atoms with Crippen LogP contribution in [0.4, 0.5) is 0 Å². The van der Waals surface area contributed by atoms with E-state index < -0.39 is 0 Å². The van der Waals surface area contributed by atoms with Crippen molar-refractivity contribution < 1.29 is 14.2 Å². The predicted molar refractivity (Wildman–Crippen MR) is 48.4 cm³/mol. The molecular weight excluding hydrogens is 168 g/mol. The van der Waals surface area contributed by atoms with Gasteiger partial charge in [0, 0.05) is 5.92 Å². The van der Waals surface area contributed by atoms with E-state index in [4.69, 9.17) is 14.2 Å². The Balaban J connectivity index is 1.94. The van der Waals surface area contributed by atoms with Gasteiger partial charge in [-0.3, -0.25) is 0 Å². The molecule has 76 valence electrons. The van der Waals surface area contributed by atoms with Gasteiger partial charge in [0.2, 0.25) is 0 Å². The number of hydrogen-bond acceptors (Lipinski definition) is 3. The third-order valence-corrected chi connectivity index (χ3v) is 2.49. The third-order valence-electron chi connectivity index (χ3n) is 2.49. The van der Waals surface area contributed by atoms with E-state index in [1.54, 1.807) is 0 Å². The first-order valence-corrected chi connectivity index (χ1v) is 4.97. The molecule has 0 radical (unpaired) electrons. The van der Waals surface area contributed by atoms with Crippen molar-refractivity contribution >= 4 is 0 Å². The van der Waals surface area contributed by atoms with Crippen molar-refractivity contribution in [2.45, 2.75) is 45.2 Å². The minimum atomic E-state index is -0.0779. The summed E-state index contributed by atoms with van der Waals surface area (Å²) in [4.78, 5) is 0. The van der Waals surface area contributed by atoms with Crippen molar-refractivity contribution in [2.75, 3.05) is 13.2 Å². The zero-order valence-corrected chi connectivity index (χ0v) is 8.58. The molecular formula is C10H18O3. The monoisotopic (exact) mass is 186 g/mol. The molecule has 0 amide bonds. The molecule has 2 rings (SSSR count). The first kappa shape index (κ1) is 9.44. The maximum Gasteiger partial charge on any atom is 0.163 e. The molecule has 2 saturated heterocycles. The minimum absolute atomic E-state index is 0.00681. The van der Waals surface area contributed by atoms with Crippen molar-refractivity contribution in [3.8, 4) is 0 Å². The molecule has 0 N–H and O–H groups in total. The molecule has 0 saturated carbocycles. The Kier molecular flexibility index (Phi) is 2.34. The summed E-state index contributed by atoms with van der Waals surface area (Å²) >= 11 is 0. The topological polar surface area (TPSA) is 27.7 Å². The molecule has 3 heteroatoms. The van der Waals surface area contributed by atoms with Crippen LogP contribution in [0.2, 0.25) is 0 Å². The number of hydrogen-bond donors (Lipinski definition) is 0. The molecule has 2 fully saturated rings. The second kappa shape index (κ2) is 3.23. The molecule has 3 atom stereocenters. The Bertz CT molecular complexity index is 185. The average molecular weight is 186 g/mol. The summed E-state index contributed by atoms with van der Waals surface area (Å²) in [5, 5.41) is 0. The summed E-state index contributed by atoms with van der Waals surface area (Å²) in [6.45, 7) is 7.74. The van der Waals surface area contributed by atoms with Gasteiger partial charge in [-0.2, -0.15) is 0 Å². The van der Waals surface area contributed by atoms with Gasteiger partial charge in [0.05, 0.1) is 24.9 Å². The Hall–Kier alpha value is -0.120. The quantitative estimate of drug-likeness (QED) is 0.622. The lowest BCUT2D eigenvalue weighted by molar-refractivity contribution is -0.0929. The maximum atomic E-state index is 5.91. The first-order chi connectivity index (χ1) is 6.06. The van der Waals surface area contributed by atoms with Gasteiger partial charge in [-0.05, 0) is 27.2 Å². The Morgan fingerprint density at radius 1 is 1.23 bits per heavy atom. The highest BCUT2D eigenvalue weighted by atomic mass is 16.7. The van der Waals surface area contributed by atoms with E-state index in [0.717, 1.165) is 13.0 Å². The fraction of sp³-hybridized carbons (Fsp3) is 1.00. The fourth-order valence-corrected chi connectivity index (χ4v) is 2.00. The number of fused-ring (bicyclic) bond motifs is 1. The van der Waals surface area contributed by atoms with Crippen LogP contribution < -0.4 is 0 Å². The Morgan fingerprint density at radius 2 is 2.00 bits per heavy atom. The second-order valence-corrected chi connectivity index (χ2v) is 4.79. The zero-order valence-electron chi connectivity index (χ0n) is 8.58. The molecule has 3 unspecified atom stereocenters. The van der Waals surface area contributed by atoms with E-state index in [-0.39, 0.29) is 18.0 Å². The molecule has 3 nitrogen and oxygen atoms in total. The summed E-state index contributed by atoms with van der Waals surface area (Å²) in [5.41, 5.74) is -0.0779. The summed E-state index contributed by atoms with van der Waals surface area (Å²) in [6.07, 6.45) is 1.31. The molecule has 13 heavy (non-hydrogen) atoms. The zero-order chi connectivity index (χ0) is 9.47. The van der Waals surface area contributed by atoms with E-state index in [2.05, 4.69) is 20.8 Å². The molecule has 0 aliphatic carbocycles. The van der Waals surface area contributed by atoms with Crippen LogP contribution in [0, 0.1) is 5.92 Å². The van der Waals surface area contributed by atoms with Crippen molar-refractivity contribution in [1.82, 2.24) is 0 Å². The third kappa shape index (κ3) is 2.03. The van der Waals surface area contributed by atoms with Crippen LogP contribution in [0.15, 0.2) is 0 Å². The van der Waals surface area contributed by atoms with E-state index in [0.29, 0.717) is 12.5 Å². The normalized spacial score (nSPS) is 39.5. The van der Waals surface area contributed by atoms with Gasteiger partial charge in [-0.1, -0.05) is 0 Å². The Labute approximate surface area is 79.4 Å². The van der Waals surface area contributed by atoms with E-state index in [1.807, 2.05) is 0 Å². The highest BCUT2D eigenvalue weighted by Crippen LogP contribution is 2.34. The molecule has 0 aromatic heterocycles. The van der Waals surface area contributed by atoms with Gasteiger partial charge in [-0.25, -0.2) is 0 Å². The van der Waals surface area contributed by atoms with Crippen molar-refractivity contribution in [3.63, 3.8) is 0 Å². The summed E-state index contributed by atoms with van der Waals surface area (Å²) in [7, 11) is 0. The molecule has 2 aliphatic heterocycles. The lowest BCUT2D eigenvalue weighted by Gasteiger charge is -2.26. The van der Waals surface area contributed by atoms with Gasteiger partial charge in [0.1, 0.15) is 0 Å². The van der Waals surface area contributed by atoms with E-state index in [9.17, 15) is 0 Å². The van der Waals surface area contributed by atoms with Crippen molar-refractivity contribution in [1.29, 1.82) is 0 Å². The predicted octanol–water partition coefficient (Wildman–Crippen LogP) is 1.56. The van der Waals surface area contributed by atoms with E-state index in [1.165, 1.54) is 0 Å². The standard InChI is InChI=1S/C10H18O3/c1-10(2,3)13-8-6-12-9-7(8)4-5-11-9/h7-9H,4-6H2,1-3H3. The molecule has 0 spiro atoms. The van der Waals surface area contributed by atoms with Crippen molar-refractivity contribution in [2.24, 2.45) is 5.92 Å². The minimum Gasteiger partial charge on any atom is -0.370 e. The van der Waals surface area contributed by atoms with Gasteiger partial charge < -0.3 is 14.2 Å². The molecule has 0 aromatic carbocycles. The average Bonchev–Trinajstić information content (AvgIpc) is 2.50. The second-order valence-electron chi connectivity index (χ2n) is 4.79. The summed E-state index contributed by atoms with van der Waals surface area (Å²) in [5.74, 6) is 0.458. The highest BCUT2D eigenvalue weighted by Gasteiger charge is 2.43. The van der Waals surface area contributed by atoms with Crippen molar-refractivity contribution in [3.05, 3.63) is 0 Å². The highest BCUT2D eigenvalue weighted by molar-refractivity contribution is 4.85. The van der Waals surface area contributed by atoms with Crippen LogP contribution in [0.1, 0.15) is 27.2 Å². The van der Waals surface area contributed by atoms with Gasteiger partial charge in [-0.15, -0.1) is 0 Å². The molecule has 0 bridgehead atoms. The van der Waals surface area contributed by atoms with Crippen LogP contribution in [0.25, 0.3) is 0 Å². The lowest BCUT2D eigenvalue weighted by atomic mass is 10.0. The van der Waals surface area contributed by atoms with Crippen LogP contribution in [-0.4, -0.2) is 31.2 Å². The van der Waals surface area contributed by atoms with Gasteiger partial charge >= 0.3 is 0 Å². The largest absolute Gasteiger partial charge is 0.370 e. The number of rotatable bonds is 1. The van der Waals surface area contributed by atoms with Crippen LogP contribution in [-0.2, 0) is 14.2 Å². The van der Waals surface area contributed by atoms with Crippen LogP contribution in [0.3, 0.4) is 0 Å². The van der Waals surface area contributed by atoms with Crippen LogP contribution in [0.5, 0.6) is 0 Å². The smallest absolute Gasteiger partial charge is 0.163 e. The van der Waals surface area contributed by atoms with Crippen LogP contribution >= 0.6 is 0 Å². The maximum absolute atomic E-state index is 5.91. The summed E-state index contributed by atoms with van der Waals surface area (Å²) < 4.78 is 16.8.